The van der Waals surface area contributed by atoms with E-state index in [1.807, 2.05) is 6.07 Å². The lowest BCUT2D eigenvalue weighted by atomic mass is 10.0. The van der Waals surface area contributed by atoms with Crippen molar-refractivity contribution in [2.45, 2.75) is 165 Å². The molecule has 2 unspecified atom stereocenters. The number of hydrogen-bond acceptors (Lipinski definition) is 11. The number of anilines is 1. The van der Waals surface area contributed by atoms with E-state index in [2.05, 4.69) is 17.0 Å². The van der Waals surface area contributed by atoms with Gasteiger partial charge in [-0.25, -0.2) is 18.5 Å². The van der Waals surface area contributed by atoms with Gasteiger partial charge in [0, 0.05) is 0 Å². The van der Waals surface area contributed by atoms with Crippen LogP contribution < -0.4 is 5.73 Å². The van der Waals surface area contributed by atoms with Gasteiger partial charge in [0.05, 0.1) is 36.6 Å². The number of nitrogens with zero attached hydrogens (tertiary/aromatic N) is 4. The predicted octanol–water partition coefficient (Wildman–Crippen LogP) is 8.00. The number of hydrogen-bond donors (Lipinski definition) is 4. The van der Waals surface area contributed by atoms with Gasteiger partial charge in [0.25, 0.3) is 0 Å². The van der Waals surface area contributed by atoms with Crippen molar-refractivity contribution >= 4 is 19.2 Å². The molecule has 3 aromatic rings. The van der Waals surface area contributed by atoms with Crippen LogP contribution in [0.25, 0.3) is 5.52 Å². The highest BCUT2D eigenvalue weighted by atomic mass is 31.2. The number of phosphoric ester groups is 1. The number of aromatic nitrogens is 3. The number of rotatable bonds is 26. The second-order valence-electron chi connectivity index (χ2n) is 15.4. The molecule has 0 spiro atoms. The smallest absolute Gasteiger partial charge is 0.387 e. The second kappa shape index (κ2) is 19.9. The van der Waals surface area contributed by atoms with E-state index in [4.69, 9.17) is 24.3 Å². The van der Waals surface area contributed by atoms with Crippen molar-refractivity contribution < 1.29 is 42.6 Å². The van der Waals surface area contributed by atoms with Crippen molar-refractivity contribution in [1.82, 2.24) is 14.6 Å². The van der Waals surface area contributed by atoms with Crippen molar-refractivity contribution in [3.8, 4) is 6.07 Å². The number of phosphoric acid groups is 1. The SMILES string of the molecule is CCCCCCCCCCCCCCCCCC[C@@H](COP(=O)(O)OC1[C@@]2(C)O[C@@H](c3ccc4c(N)ncnn34)[C@H](O)[C@@]12O)OCc1cc(F)cc(C#N)c1. The Hall–Kier alpha value is -2.99. The molecule has 3 heterocycles. The highest BCUT2D eigenvalue weighted by Gasteiger charge is 2.87. The standard InChI is InChI=1S/C40H59FN5O8P/c1-3-4-5-6-7-8-9-10-11-12-13-14-15-16-17-18-19-32(51-26-30-22-29(25-42)23-31(41)24-30)27-52-55(49,50)54-38-39(2)40(38,48)36(47)35(53-39)33-20-21-34-37(43)44-28-45-46(33)34/h20-24,28,32,35-36,38,47-48H,3-19,26-27H2,1-2H3,(H,49,50)(H2,43,44,45)/t32-,35-,36-,38?,39+,40+/m0/s1. The normalized spacial score (nSPS) is 24.8. The van der Waals surface area contributed by atoms with E-state index in [0.29, 0.717) is 23.2 Å². The van der Waals surface area contributed by atoms with Crippen molar-refractivity contribution in [2.75, 3.05) is 12.3 Å². The first-order valence-corrected chi connectivity index (χ1v) is 21.6. The molecule has 5 N–H and O–H groups in total. The summed E-state index contributed by atoms with van der Waals surface area (Å²) >= 11 is 0. The lowest BCUT2D eigenvalue weighted by Crippen LogP contribution is -2.35. The van der Waals surface area contributed by atoms with Gasteiger partial charge in [-0.3, -0.25) is 9.05 Å². The number of aliphatic hydroxyl groups excluding tert-OH is 1. The molecular formula is C40H59FN5O8P. The lowest BCUT2D eigenvalue weighted by molar-refractivity contribution is -0.0816. The number of ether oxygens (including phenoxy) is 2. The van der Waals surface area contributed by atoms with E-state index in [-0.39, 0.29) is 24.6 Å². The van der Waals surface area contributed by atoms with E-state index in [0.717, 1.165) is 31.7 Å². The van der Waals surface area contributed by atoms with Gasteiger partial charge in [0.15, 0.2) is 11.4 Å². The summed E-state index contributed by atoms with van der Waals surface area (Å²) in [5.41, 5.74) is 3.90. The fourth-order valence-electron chi connectivity index (χ4n) is 7.80. The Labute approximate surface area is 324 Å². The Balaban J connectivity index is 1.06. The fourth-order valence-corrected chi connectivity index (χ4v) is 8.85. The monoisotopic (exact) mass is 787 g/mol. The molecule has 5 rings (SSSR count). The molecule has 1 aromatic carbocycles. The molecule has 0 bridgehead atoms. The summed E-state index contributed by atoms with van der Waals surface area (Å²) in [5.74, 6) is -0.338. The quantitative estimate of drug-likeness (QED) is 0.0453. The molecule has 13 nitrogen and oxygen atoms in total. The summed E-state index contributed by atoms with van der Waals surface area (Å²) in [6, 6.07) is 9.18. The summed E-state index contributed by atoms with van der Waals surface area (Å²) in [6.45, 7) is 3.37. The number of nitrogens with two attached hydrogens (primary N) is 1. The van der Waals surface area contributed by atoms with Crippen LogP contribution in [0.1, 0.15) is 146 Å². The van der Waals surface area contributed by atoms with Crippen molar-refractivity contribution in [3.63, 3.8) is 0 Å². The van der Waals surface area contributed by atoms with Gasteiger partial charge in [-0.05, 0) is 49.2 Å². The summed E-state index contributed by atoms with van der Waals surface area (Å²) in [5, 5.41) is 36.1. The van der Waals surface area contributed by atoms with E-state index in [1.165, 1.54) is 107 Å². The van der Waals surface area contributed by atoms with Crippen LogP contribution in [-0.2, 0) is 29.7 Å². The van der Waals surface area contributed by atoms with Crippen LogP contribution >= 0.6 is 7.82 Å². The van der Waals surface area contributed by atoms with Crippen LogP contribution in [0.3, 0.4) is 0 Å². The minimum Gasteiger partial charge on any atom is -0.387 e. The first kappa shape index (κ1) is 43.1. The first-order chi connectivity index (χ1) is 26.4. The fraction of sp³-hybridized carbons (Fsp3) is 0.675. The molecule has 1 aliphatic carbocycles. The number of halogens is 1. The van der Waals surface area contributed by atoms with Gasteiger partial charge in [-0.15, -0.1) is 0 Å². The maximum atomic E-state index is 14.1. The zero-order valence-corrected chi connectivity index (χ0v) is 33.2. The third-order valence-electron chi connectivity index (χ3n) is 11.1. The Morgan fingerprint density at radius 2 is 1.64 bits per heavy atom. The highest BCUT2D eigenvalue weighted by molar-refractivity contribution is 7.47. The topological polar surface area (TPSA) is 195 Å². The Bertz CT molecular complexity index is 1770. The number of nitrogen functional groups attached to an aromatic ring is 1. The van der Waals surface area contributed by atoms with Crippen molar-refractivity contribution in [3.05, 3.63) is 59.3 Å². The molecule has 1 aliphatic heterocycles. The highest BCUT2D eigenvalue weighted by Crippen LogP contribution is 2.68. The Morgan fingerprint density at radius 3 is 2.22 bits per heavy atom. The van der Waals surface area contributed by atoms with E-state index < -0.39 is 49.3 Å². The molecule has 7 atom stereocenters. The Kier molecular flexibility index (Phi) is 15.6. The molecule has 0 amide bonds. The molecule has 55 heavy (non-hydrogen) atoms. The van der Waals surface area contributed by atoms with Crippen molar-refractivity contribution in [1.29, 1.82) is 5.26 Å². The number of aliphatic hydroxyl groups is 2. The van der Waals surface area contributed by atoms with Crippen LogP contribution in [-0.4, -0.2) is 65.8 Å². The predicted molar refractivity (Wildman–Crippen MR) is 205 cm³/mol. The summed E-state index contributed by atoms with van der Waals surface area (Å²) in [6.07, 6.45) is 16.9. The molecular weight excluding hydrogens is 728 g/mol. The average molecular weight is 788 g/mol. The zero-order chi connectivity index (χ0) is 39.5. The van der Waals surface area contributed by atoms with Gasteiger partial charge in [0.2, 0.25) is 0 Å². The van der Waals surface area contributed by atoms with Crippen LogP contribution in [0, 0.1) is 17.1 Å². The average Bonchev–Trinajstić information content (AvgIpc) is 3.42. The maximum Gasteiger partial charge on any atom is 0.472 e. The molecule has 15 heteroatoms. The van der Waals surface area contributed by atoms with Crippen molar-refractivity contribution in [2.24, 2.45) is 0 Å². The zero-order valence-electron chi connectivity index (χ0n) is 32.3. The molecule has 2 fully saturated rings. The van der Waals surface area contributed by atoms with Gasteiger partial charge >= 0.3 is 7.82 Å². The van der Waals surface area contributed by atoms with E-state index >= 15 is 0 Å². The van der Waals surface area contributed by atoms with Gasteiger partial charge in [0.1, 0.15) is 41.6 Å². The molecule has 2 aliphatic rings. The molecule has 2 aromatic heterocycles. The molecule has 0 radical (unpaired) electrons. The third-order valence-corrected chi connectivity index (χ3v) is 12.1. The minimum absolute atomic E-state index is 0.0389. The molecule has 1 saturated carbocycles. The number of nitriles is 1. The van der Waals surface area contributed by atoms with E-state index in [1.54, 1.807) is 12.1 Å². The number of unbranched alkanes of at least 4 members (excludes halogenated alkanes) is 15. The third kappa shape index (κ3) is 10.9. The summed E-state index contributed by atoms with van der Waals surface area (Å²) in [7, 11) is -4.80. The largest absolute Gasteiger partial charge is 0.472 e. The first-order valence-electron chi connectivity index (χ1n) is 20.1. The van der Waals surface area contributed by atoms with Gasteiger partial charge in [-0.1, -0.05) is 110 Å². The summed E-state index contributed by atoms with van der Waals surface area (Å²) in [4.78, 5) is 14.7. The van der Waals surface area contributed by atoms with E-state index in [9.17, 15) is 29.3 Å². The van der Waals surface area contributed by atoms with Crippen LogP contribution in [0.2, 0.25) is 0 Å². The lowest BCUT2D eigenvalue weighted by Gasteiger charge is -2.24. The minimum atomic E-state index is -4.80. The number of benzene rings is 1. The second-order valence-corrected chi connectivity index (χ2v) is 16.8. The van der Waals surface area contributed by atoms with Crippen LogP contribution in [0.4, 0.5) is 10.2 Å². The maximum absolute atomic E-state index is 14.1. The molecule has 1 saturated heterocycles. The van der Waals surface area contributed by atoms with Crippen LogP contribution in [0.5, 0.6) is 0 Å². The molecule has 304 valence electrons. The van der Waals surface area contributed by atoms with Crippen LogP contribution in [0.15, 0.2) is 36.7 Å². The van der Waals surface area contributed by atoms with Gasteiger partial charge in [-0.2, -0.15) is 10.4 Å². The summed E-state index contributed by atoms with van der Waals surface area (Å²) < 4.78 is 51.7. The Morgan fingerprint density at radius 1 is 1.02 bits per heavy atom. The number of fused-ring (bicyclic) bond motifs is 2. The van der Waals surface area contributed by atoms with Gasteiger partial charge < -0.3 is 30.3 Å².